The fourth-order valence-corrected chi connectivity index (χ4v) is 18.5. The van der Waals surface area contributed by atoms with Crippen molar-refractivity contribution in [3.8, 4) is 107 Å². The van der Waals surface area contributed by atoms with Gasteiger partial charge in [0.15, 0.2) is 34.9 Å². The van der Waals surface area contributed by atoms with E-state index in [9.17, 15) is 0 Å². The van der Waals surface area contributed by atoms with Gasteiger partial charge in [-0.15, -0.1) is 45.3 Å². The first-order valence-corrected chi connectivity index (χ1v) is 37.5. The maximum Gasteiger partial charge on any atom is 0.569 e. The highest BCUT2D eigenvalue weighted by molar-refractivity contribution is 7.27. The van der Waals surface area contributed by atoms with Crippen LogP contribution in [0.3, 0.4) is 0 Å². The minimum atomic E-state index is 0.614. The number of rotatable bonds is 11. The van der Waals surface area contributed by atoms with Crippen LogP contribution in [0.2, 0.25) is 5.02 Å². The maximum absolute atomic E-state index is 8.74. The fourth-order valence-electron chi connectivity index (χ4n) is 13.7. The Bertz CT molecular complexity index is 6600. The summed E-state index contributed by atoms with van der Waals surface area (Å²) in [6.45, 7) is 0. The third-order valence-corrected chi connectivity index (χ3v) is 23.5. The molecule has 0 saturated carbocycles. The van der Waals surface area contributed by atoms with Crippen LogP contribution in [0.15, 0.2) is 328 Å². The van der Waals surface area contributed by atoms with Gasteiger partial charge in [-0.3, -0.25) is 0 Å². The molecule has 8 nitrogen and oxygen atoms in total. The van der Waals surface area contributed by atoms with E-state index in [-0.39, 0.29) is 0 Å². The summed E-state index contributed by atoms with van der Waals surface area (Å²) in [6.07, 6.45) is 0. The molecule has 0 fully saturated rings. The van der Waals surface area contributed by atoms with Crippen LogP contribution in [0.5, 0.6) is 5.75 Å². The second-order valence-electron chi connectivity index (χ2n) is 24.8. The summed E-state index contributed by atoms with van der Waals surface area (Å²) in [7, 11) is 0.723. The van der Waals surface area contributed by atoms with Gasteiger partial charge in [-0.25, -0.2) is 29.9 Å². The van der Waals surface area contributed by atoms with Gasteiger partial charge in [0, 0.05) is 119 Å². The van der Waals surface area contributed by atoms with Crippen LogP contribution >= 0.6 is 56.9 Å². The highest BCUT2D eigenvalue weighted by atomic mass is 35.5. The number of thiophene rings is 4. The molecule has 0 unspecified atom stereocenters. The van der Waals surface area contributed by atoms with E-state index in [2.05, 4.69) is 243 Å². The van der Waals surface area contributed by atoms with E-state index >= 15 is 0 Å². The van der Waals surface area contributed by atoms with Gasteiger partial charge in [-0.1, -0.05) is 260 Å². The second-order valence-corrected chi connectivity index (χ2v) is 29.5. The molecule has 1 radical (unpaired) electrons. The fraction of sp³-hybridized carbons (Fsp3) is 0. The van der Waals surface area contributed by atoms with Crippen molar-refractivity contribution in [2.45, 2.75) is 0 Å². The molecular weight excluding hydrogens is 1370 g/mol. The lowest BCUT2D eigenvalue weighted by Crippen LogP contribution is -2.01. The lowest BCUT2D eigenvalue weighted by atomic mass is 9.98. The first-order valence-electron chi connectivity index (χ1n) is 33.9. The summed E-state index contributed by atoms with van der Waals surface area (Å²) in [5.41, 5.74) is 12.6. The number of hydrogen-bond donors (Lipinski definition) is 1. The Hall–Kier alpha value is -11.9. The molecule has 0 saturated heterocycles. The average molecular weight is 1430 g/mol. The van der Waals surface area contributed by atoms with Gasteiger partial charge in [0.1, 0.15) is 5.75 Å². The number of hydrogen-bond acceptors (Lipinski definition) is 12. The number of aromatic nitrogens is 6. The number of halogens is 1. The van der Waals surface area contributed by atoms with E-state index in [0.717, 1.165) is 68.7 Å². The van der Waals surface area contributed by atoms with Gasteiger partial charge in [0.2, 0.25) is 0 Å². The van der Waals surface area contributed by atoms with E-state index < -0.39 is 0 Å². The molecule has 104 heavy (non-hydrogen) atoms. The van der Waals surface area contributed by atoms with Gasteiger partial charge >= 0.3 is 7.69 Å². The Morgan fingerprint density at radius 2 is 0.558 bits per heavy atom. The minimum Gasteiger partial charge on any atom is -0.537 e. The Morgan fingerprint density at radius 3 is 1.05 bits per heavy atom. The molecule has 1 N–H and O–H groups in total. The average Bonchev–Trinajstić information content (AvgIpc) is 1.46. The van der Waals surface area contributed by atoms with E-state index in [1.165, 1.54) is 86.4 Å². The molecule has 14 heteroatoms. The van der Waals surface area contributed by atoms with E-state index in [4.69, 9.17) is 51.2 Å². The highest BCUT2D eigenvalue weighted by Gasteiger charge is 2.22. The van der Waals surface area contributed by atoms with Crippen molar-refractivity contribution in [3.05, 3.63) is 333 Å². The van der Waals surface area contributed by atoms with Gasteiger partial charge in [-0.2, -0.15) is 0 Å². The zero-order valence-corrected chi connectivity index (χ0v) is 59.3. The van der Waals surface area contributed by atoms with Gasteiger partial charge in [0.25, 0.3) is 0 Å². The highest BCUT2D eigenvalue weighted by Crippen LogP contribution is 2.45. The Balaban J connectivity index is 0.000000125. The summed E-state index contributed by atoms with van der Waals surface area (Å²) in [5.74, 6) is 4.57. The molecule has 14 aromatic carbocycles. The zero-order valence-electron chi connectivity index (χ0n) is 55.3. The van der Waals surface area contributed by atoms with Crippen molar-refractivity contribution >= 4 is 145 Å². The topological polar surface area (TPSA) is 107 Å². The van der Waals surface area contributed by atoms with Crippen LogP contribution in [-0.4, -0.2) is 42.6 Å². The minimum absolute atomic E-state index is 0.614. The molecular formula is C90H55BClN6O2S4. The predicted octanol–water partition coefficient (Wildman–Crippen LogP) is 25.5. The second kappa shape index (κ2) is 28.1. The molecule has 6 heterocycles. The van der Waals surface area contributed by atoms with Crippen molar-refractivity contribution in [3.63, 3.8) is 0 Å². The van der Waals surface area contributed by atoms with Gasteiger partial charge < -0.3 is 9.68 Å². The Kier molecular flexibility index (Phi) is 17.4. The van der Waals surface area contributed by atoms with Crippen molar-refractivity contribution in [1.82, 2.24) is 29.9 Å². The molecule has 0 aliphatic rings. The van der Waals surface area contributed by atoms with Crippen molar-refractivity contribution < 1.29 is 9.68 Å². The molecule has 0 aliphatic carbocycles. The standard InChI is InChI=1S/C45H27N3S2.C33H20ClN3S.C12H8BO2S/c1-2-12-28(13-3-1)31-14-4-5-16-35(31)44-46-43(47-45(48-44)37-20-10-19-34-33-15-6-8-21-38(33)50-42(34)37)30-26-24-29(25-27-30)32-18-11-23-40-41(32)36-17-7-9-22-39(36)49-40;34-23-19-17-22(18-20-23)31-35-32(27-13-5-4-11-24(27)21-9-2-1-3-10-21)37-33(36-31)28-15-8-14-26-25-12-6-7-16-29(25)38-30(26)28;14-13-15-9-5-3-7-11-12(9)8-4-1-2-6-10(8)16-11/h1-27H;1-20H;1-7,14H. The summed E-state index contributed by atoms with van der Waals surface area (Å²) in [6, 6.07) is 113. The van der Waals surface area contributed by atoms with E-state index in [1.807, 2.05) is 96.3 Å². The molecule has 0 amide bonds. The van der Waals surface area contributed by atoms with Crippen LogP contribution in [0, 0.1) is 0 Å². The first-order chi connectivity index (χ1) is 51.4. The molecule has 0 atom stereocenters. The molecule has 0 aliphatic heterocycles. The molecule has 6 aromatic heterocycles. The van der Waals surface area contributed by atoms with Crippen LogP contribution in [0.25, 0.3) is 182 Å². The van der Waals surface area contributed by atoms with Crippen LogP contribution in [0.1, 0.15) is 0 Å². The van der Waals surface area contributed by atoms with Crippen LogP contribution in [-0.2, 0) is 0 Å². The molecule has 20 aromatic rings. The van der Waals surface area contributed by atoms with Crippen LogP contribution in [0.4, 0.5) is 0 Å². The Morgan fingerprint density at radius 1 is 0.240 bits per heavy atom. The summed E-state index contributed by atoms with van der Waals surface area (Å²) < 4.78 is 15.0. The number of fused-ring (bicyclic) bond motifs is 12. The predicted molar refractivity (Wildman–Crippen MR) is 440 cm³/mol. The Labute approximate surface area is 620 Å². The quantitative estimate of drug-likeness (QED) is 0.128. The first kappa shape index (κ1) is 64.2. The lowest BCUT2D eigenvalue weighted by Gasteiger charge is -2.13. The maximum atomic E-state index is 8.74. The smallest absolute Gasteiger partial charge is 0.537 e. The third-order valence-electron chi connectivity index (χ3n) is 18.6. The zero-order chi connectivity index (χ0) is 69.5. The monoisotopic (exact) mass is 1430 g/mol. The number of nitrogens with zero attached hydrogens (tertiary/aromatic N) is 6. The van der Waals surface area contributed by atoms with Crippen LogP contribution < -0.4 is 4.65 Å². The molecule has 491 valence electrons. The number of benzene rings is 14. The van der Waals surface area contributed by atoms with Crippen molar-refractivity contribution in [2.75, 3.05) is 0 Å². The van der Waals surface area contributed by atoms with E-state index in [1.54, 1.807) is 34.0 Å². The molecule has 20 rings (SSSR count). The van der Waals surface area contributed by atoms with Gasteiger partial charge in [0.05, 0.1) is 0 Å². The largest absolute Gasteiger partial charge is 0.569 e. The summed E-state index contributed by atoms with van der Waals surface area (Å²) >= 11 is 13.3. The summed E-state index contributed by atoms with van der Waals surface area (Å²) in [5, 5.41) is 19.2. The third kappa shape index (κ3) is 12.3. The lowest BCUT2D eigenvalue weighted by molar-refractivity contribution is 0.457. The van der Waals surface area contributed by atoms with E-state index in [0.29, 0.717) is 45.7 Å². The SMILES string of the molecule is Clc1ccc(-c2nc(-c3ccccc3-c3ccccc3)nc(-c3cccc4c3sc3ccccc34)n2)cc1.O[B]Oc1cccc2sc3ccccc3c12.c1ccc(-c2ccccc2-c2nc(-c3ccc(-c4cccc5sc6ccccc6c45)cc3)nc(-c3cccc4c3sc3ccccc34)n2)cc1. The van der Waals surface area contributed by atoms with Crippen molar-refractivity contribution in [1.29, 1.82) is 0 Å². The molecule has 0 bridgehead atoms. The molecule has 0 spiro atoms. The normalized spacial score (nSPS) is 11.4. The van der Waals surface area contributed by atoms with Gasteiger partial charge in [-0.05, 0) is 112 Å². The summed E-state index contributed by atoms with van der Waals surface area (Å²) in [4.78, 5) is 30.6. The van der Waals surface area contributed by atoms with Crippen molar-refractivity contribution in [2.24, 2.45) is 0 Å².